The van der Waals surface area contributed by atoms with Gasteiger partial charge in [-0.1, -0.05) is 24.3 Å². The molecule has 1 aromatic carbocycles. The van der Waals surface area contributed by atoms with Crippen LogP contribution in [-0.2, 0) is 6.42 Å². The number of aromatic nitrogens is 3. The van der Waals surface area contributed by atoms with Gasteiger partial charge in [0.1, 0.15) is 0 Å². The molecule has 4 rings (SSSR count). The van der Waals surface area contributed by atoms with E-state index in [0.717, 1.165) is 48.9 Å². The summed E-state index contributed by atoms with van der Waals surface area (Å²) in [6.07, 6.45) is 0.737. The molecule has 29 heavy (non-hydrogen) atoms. The number of aryl methyl sites for hydroxylation is 1. The molecule has 1 N–H and O–H groups in total. The summed E-state index contributed by atoms with van der Waals surface area (Å²) in [5.74, 6) is 2.26. The number of benzene rings is 1. The van der Waals surface area contributed by atoms with Crippen LogP contribution in [0, 0.1) is 0 Å². The average Bonchev–Trinajstić information content (AvgIpc) is 3.28. The third-order valence-electron chi connectivity index (χ3n) is 5.43. The summed E-state index contributed by atoms with van der Waals surface area (Å²) in [6, 6.07) is 5.84. The maximum atomic E-state index is 11.0. The first-order chi connectivity index (χ1) is 14.0. The zero-order chi connectivity index (χ0) is 20.5. The first-order valence-electron chi connectivity index (χ1n) is 9.77. The van der Waals surface area contributed by atoms with Crippen LogP contribution in [0.25, 0.3) is 4.96 Å². The lowest BCUT2D eigenvalue weighted by Gasteiger charge is -2.37. The molecule has 3 aromatic rings. The lowest BCUT2D eigenvalue weighted by atomic mass is 10.0. The van der Waals surface area contributed by atoms with Crippen molar-refractivity contribution >= 4 is 16.3 Å². The van der Waals surface area contributed by atoms with Crippen LogP contribution in [0.3, 0.4) is 0 Å². The molecule has 3 heterocycles. The number of thiazole rings is 1. The van der Waals surface area contributed by atoms with E-state index in [1.807, 2.05) is 25.1 Å². The van der Waals surface area contributed by atoms with Gasteiger partial charge in [-0.3, -0.25) is 4.90 Å². The van der Waals surface area contributed by atoms with Crippen molar-refractivity contribution in [2.24, 2.45) is 0 Å². The number of rotatable bonds is 6. The molecule has 1 fully saturated rings. The third kappa shape index (κ3) is 3.65. The Labute approximate surface area is 174 Å². The summed E-state index contributed by atoms with van der Waals surface area (Å²) >= 11 is 1.49. The Bertz CT molecular complexity index is 994. The van der Waals surface area contributed by atoms with Crippen LogP contribution in [0.2, 0.25) is 0 Å². The Hall–Kier alpha value is -2.36. The number of piperazine rings is 1. The summed E-state index contributed by atoms with van der Waals surface area (Å²) in [4.78, 5) is 10.8. The third-order valence-corrected chi connectivity index (χ3v) is 6.51. The number of aromatic hydroxyl groups is 1. The number of nitrogens with zero attached hydrogens (tertiary/aromatic N) is 5. The van der Waals surface area contributed by atoms with Crippen LogP contribution in [0.15, 0.2) is 18.2 Å². The van der Waals surface area contributed by atoms with E-state index in [4.69, 9.17) is 9.47 Å². The molecule has 0 aliphatic carbocycles. The fourth-order valence-electron chi connectivity index (χ4n) is 3.75. The van der Waals surface area contributed by atoms with Crippen LogP contribution in [0.5, 0.6) is 17.4 Å². The van der Waals surface area contributed by atoms with Crippen LogP contribution in [0.4, 0.5) is 0 Å². The summed E-state index contributed by atoms with van der Waals surface area (Å²) in [5.41, 5.74) is 1.04. The second kappa shape index (κ2) is 8.17. The Morgan fingerprint density at radius 2 is 1.86 bits per heavy atom. The molecule has 156 valence electrons. The molecule has 1 aliphatic heterocycles. The quantitative estimate of drug-likeness (QED) is 0.660. The van der Waals surface area contributed by atoms with Gasteiger partial charge in [-0.25, -0.2) is 4.98 Å². The fraction of sp³-hybridized carbons (Fsp3) is 0.500. The summed E-state index contributed by atoms with van der Waals surface area (Å²) in [6.45, 7) is 5.77. The van der Waals surface area contributed by atoms with Gasteiger partial charge in [-0.05, 0) is 24.7 Å². The van der Waals surface area contributed by atoms with Crippen molar-refractivity contribution in [1.82, 2.24) is 24.4 Å². The molecule has 1 aliphatic rings. The summed E-state index contributed by atoms with van der Waals surface area (Å²) in [7, 11) is 5.40. The van der Waals surface area contributed by atoms with E-state index in [-0.39, 0.29) is 11.9 Å². The predicted molar refractivity (Wildman–Crippen MR) is 112 cm³/mol. The largest absolute Gasteiger partial charge is 0.493 e. The minimum atomic E-state index is -0.109. The van der Waals surface area contributed by atoms with Crippen molar-refractivity contribution in [3.8, 4) is 17.4 Å². The number of likely N-dealkylation sites (N-methyl/N-ethyl adjacent to an activating group) is 1. The van der Waals surface area contributed by atoms with Crippen molar-refractivity contribution in [3.63, 3.8) is 0 Å². The van der Waals surface area contributed by atoms with Crippen molar-refractivity contribution < 1.29 is 14.6 Å². The van der Waals surface area contributed by atoms with Gasteiger partial charge in [0.15, 0.2) is 17.3 Å². The highest BCUT2D eigenvalue weighted by Gasteiger charge is 2.31. The van der Waals surface area contributed by atoms with E-state index >= 15 is 0 Å². The second-order valence-corrected chi connectivity index (χ2v) is 8.23. The van der Waals surface area contributed by atoms with E-state index in [2.05, 4.69) is 26.9 Å². The maximum absolute atomic E-state index is 11.0. The van der Waals surface area contributed by atoms with E-state index in [0.29, 0.717) is 16.5 Å². The molecular weight excluding hydrogens is 390 g/mol. The topological polar surface area (TPSA) is 75.4 Å². The van der Waals surface area contributed by atoms with E-state index in [1.54, 1.807) is 18.7 Å². The Morgan fingerprint density at radius 1 is 1.14 bits per heavy atom. The maximum Gasteiger partial charge on any atom is 0.230 e. The number of hydrogen-bond donors (Lipinski definition) is 1. The number of ether oxygens (including phenoxy) is 2. The molecule has 1 atom stereocenters. The highest BCUT2D eigenvalue weighted by Crippen LogP contribution is 2.42. The molecule has 0 bridgehead atoms. The highest BCUT2D eigenvalue weighted by molar-refractivity contribution is 7.17. The van der Waals surface area contributed by atoms with Gasteiger partial charge in [0.2, 0.25) is 10.8 Å². The van der Waals surface area contributed by atoms with Gasteiger partial charge >= 0.3 is 0 Å². The minimum Gasteiger partial charge on any atom is -0.493 e. The molecule has 0 radical (unpaired) electrons. The molecule has 0 amide bonds. The fourth-order valence-corrected chi connectivity index (χ4v) is 4.89. The average molecular weight is 418 g/mol. The molecule has 0 unspecified atom stereocenters. The van der Waals surface area contributed by atoms with Gasteiger partial charge in [0.05, 0.1) is 25.1 Å². The van der Waals surface area contributed by atoms with Crippen molar-refractivity contribution in [1.29, 1.82) is 0 Å². The second-order valence-electron chi connectivity index (χ2n) is 7.22. The first-order valence-corrected chi connectivity index (χ1v) is 10.6. The number of fused-ring (bicyclic) bond motifs is 1. The van der Waals surface area contributed by atoms with Crippen LogP contribution < -0.4 is 9.47 Å². The normalized spacial score (nSPS) is 17.0. The van der Waals surface area contributed by atoms with E-state index in [9.17, 15) is 5.11 Å². The SMILES string of the molecule is CCc1nc2sc([C@@H](c3ccc(OC)c(OC)c3)N3CCN(C)CC3)c(O)n2n1. The lowest BCUT2D eigenvalue weighted by molar-refractivity contribution is 0.127. The molecular formula is C20H27N5O3S. The Balaban J connectivity index is 1.81. The number of hydrogen-bond acceptors (Lipinski definition) is 8. The minimum absolute atomic E-state index is 0.109. The van der Waals surface area contributed by atoms with Crippen molar-refractivity contribution in [2.45, 2.75) is 19.4 Å². The highest BCUT2D eigenvalue weighted by atomic mass is 32.1. The zero-order valence-corrected chi connectivity index (χ0v) is 18.1. The molecule has 8 nitrogen and oxygen atoms in total. The molecule has 1 saturated heterocycles. The molecule has 0 spiro atoms. The van der Waals surface area contributed by atoms with E-state index < -0.39 is 0 Å². The van der Waals surface area contributed by atoms with Gasteiger partial charge in [0.25, 0.3) is 0 Å². The van der Waals surface area contributed by atoms with Crippen LogP contribution in [0.1, 0.15) is 29.2 Å². The molecule has 2 aromatic heterocycles. The predicted octanol–water partition coefficient (Wildman–Crippen LogP) is 2.41. The zero-order valence-electron chi connectivity index (χ0n) is 17.3. The summed E-state index contributed by atoms with van der Waals surface area (Å²) < 4.78 is 12.5. The van der Waals surface area contributed by atoms with Gasteiger partial charge in [0, 0.05) is 32.6 Å². The van der Waals surface area contributed by atoms with Gasteiger partial charge in [-0.2, -0.15) is 4.52 Å². The van der Waals surface area contributed by atoms with Gasteiger partial charge < -0.3 is 19.5 Å². The molecule has 9 heteroatoms. The van der Waals surface area contributed by atoms with Crippen molar-refractivity contribution in [3.05, 3.63) is 34.5 Å². The lowest BCUT2D eigenvalue weighted by Crippen LogP contribution is -2.46. The Kier molecular flexibility index (Phi) is 5.62. The summed E-state index contributed by atoms with van der Waals surface area (Å²) in [5, 5.41) is 15.5. The molecule has 0 saturated carbocycles. The smallest absolute Gasteiger partial charge is 0.230 e. The van der Waals surface area contributed by atoms with Crippen molar-refractivity contribution in [2.75, 3.05) is 47.4 Å². The van der Waals surface area contributed by atoms with E-state index in [1.165, 1.54) is 11.3 Å². The van der Waals surface area contributed by atoms with Crippen LogP contribution in [-0.4, -0.2) is 77.0 Å². The van der Waals surface area contributed by atoms with Gasteiger partial charge in [-0.15, -0.1) is 5.10 Å². The Morgan fingerprint density at radius 3 is 2.48 bits per heavy atom. The van der Waals surface area contributed by atoms with Crippen LogP contribution >= 0.6 is 11.3 Å². The standard InChI is InChI=1S/C20H27N5O3S/c1-5-16-21-20-25(22-16)19(26)18(29-20)17(24-10-8-23(2)9-11-24)13-6-7-14(27-3)15(12-13)28-4/h6-7,12,17,26H,5,8-11H2,1-4H3/t17-/m1/s1. The monoisotopic (exact) mass is 417 g/mol. The number of methoxy groups -OCH3 is 2. The first kappa shape index (κ1) is 19.9.